The molecule has 1 fully saturated rings. The van der Waals surface area contributed by atoms with E-state index in [4.69, 9.17) is 25.8 Å². The number of thioether (sulfide) groups is 1. The normalized spacial score (nSPS) is 31.2. The average Bonchev–Trinajstić information content (AvgIpc) is 2.88. The van der Waals surface area contributed by atoms with E-state index in [0.717, 1.165) is 0 Å². The van der Waals surface area contributed by atoms with Crippen molar-refractivity contribution >= 4 is 27.7 Å². The van der Waals surface area contributed by atoms with E-state index in [2.05, 4.69) is 15.9 Å². The Balaban J connectivity index is 2.62. The first-order chi connectivity index (χ1) is 8.09. The van der Waals surface area contributed by atoms with E-state index >= 15 is 0 Å². The SMILES string of the molecule is N#CC1(C#N)OC(C#N)(C#N)C2C(Br)=CSC21. The molecule has 0 bridgehead atoms. The molecule has 0 aromatic heterocycles. The van der Waals surface area contributed by atoms with Gasteiger partial charge in [0.2, 0.25) is 0 Å². The van der Waals surface area contributed by atoms with Gasteiger partial charge in [0.1, 0.15) is 24.3 Å². The average molecular weight is 307 g/mol. The number of hydrogen-bond acceptors (Lipinski definition) is 6. The first kappa shape index (κ1) is 12.0. The maximum atomic E-state index is 9.13. The van der Waals surface area contributed by atoms with Crippen LogP contribution in [0, 0.1) is 51.2 Å². The van der Waals surface area contributed by atoms with Crippen LogP contribution in [0.25, 0.3) is 0 Å². The molecule has 0 N–H and O–H groups in total. The van der Waals surface area contributed by atoms with Crippen LogP contribution in [0.4, 0.5) is 0 Å². The molecule has 0 saturated carbocycles. The van der Waals surface area contributed by atoms with E-state index in [9.17, 15) is 0 Å². The Hall–Kier alpha value is -1.51. The van der Waals surface area contributed by atoms with E-state index in [1.165, 1.54) is 11.8 Å². The van der Waals surface area contributed by atoms with Crippen molar-refractivity contribution in [3.63, 3.8) is 0 Å². The molecule has 2 unspecified atom stereocenters. The molecule has 0 aliphatic carbocycles. The van der Waals surface area contributed by atoms with Gasteiger partial charge in [-0.2, -0.15) is 21.0 Å². The molecule has 17 heavy (non-hydrogen) atoms. The molecule has 2 aliphatic heterocycles. The van der Waals surface area contributed by atoms with E-state index in [0.29, 0.717) is 4.48 Å². The minimum atomic E-state index is -1.78. The maximum Gasteiger partial charge on any atom is 0.256 e. The molecule has 0 amide bonds. The summed E-state index contributed by atoms with van der Waals surface area (Å²) in [6.45, 7) is 0. The summed E-state index contributed by atoms with van der Waals surface area (Å²) in [5, 5.41) is 37.6. The van der Waals surface area contributed by atoms with Gasteiger partial charge in [0.05, 0.1) is 11.2 Å². The first-order valence-electron chi connectivity index (χ1n) is 4.45. The molecule has 82 valence electrons. The Morgan fingerprint density at radius 2 is 1.65 bits per heavy atom. The fraction of sp³-hybridized carbons (Fsp3) is 0.400. The number of hydrogen-bond donors (Lipinski definition) is 0. The molecular weight excluding hydrogens is 304 g/mol. The van der Waals surface area contributed by atoms with Crippen LogP contribution >= 0.6 is 27.7 Å². The largest absolute Gasteiger partial charge is 0.311 e. The van der Waals surface area contributed by atoms with Gasteiger partial charge in [0, 0.05) is 4.48 Å². The lowest BCUT2D eigenvalue weighted by Gasteiger charge is -2.18. The van der Waals surface area contributed by atoms with E-state index in [1.807, 2.05) is 0 Å². The summed E-state index contributed by atoms with van der Waals surface area (Å²) < 4.78 is 5.85. The first-order valence-corrected chi connectivity index (χ1v) is 6.19. The van der Waals surface area contributed by atoms with Gasteiger partial charge in [-0.05, 0) is 5.41 Å². The van der Waals surface area contributed by atoms with Crippen molar-refractivity contribution in [2.45, 2.75) is 16.5 Å². The molecule has 0 aromatic rings. The van der Waals surface area contributed by atoms with Gasteiger partial charge in [-0.1, -0.05) is 15.9 Å². The zero-order valence-corrected chi connectivity index (χ0v) is 10.6. The van der Waals surface area contributed by atoms with E-state index < -0.39 is 22.4 Å². The van der Waals surface area contributed by atoms with Gasteiger partial charge in [0.25, 0.3) is 11.2 Å². The molecular formula is C10H3BrN4OS. The molecule has 2 atom stereocenters. The highest BCUT2D eigenvalue weighted by molar-refractivity contribution is 9.11. The Kier molecular flexibility index (Phi) is 2.64. The Bertz CT molecular complexity index is 545. The second kappa shape index (κ2) is 3.76. The summed E-state index contributed by atoms with van der Waals surface area (Å²) in [7, 11) is 0. The maximum absolute atomic E-state index is 9.13. The van der Waals surface area contributed by atoms with Crippen LogP contribution in [-0.4, -0.2) is 16.5 Å². The number of nitrogens with zero attached hydrogens (tertiary/aromatic N) is 4. The van der Waals surface area contributed by atoms with Crippen molar-refractivity contribution in [3.8, 4) is 24.3 Å². The van der Waals surface area contributed by atoms with Crippen LogP contribution in [-0.2, 0) is 4.74 Å². The zero-order valence-electron chi connectivity index (χ0n) is 8.22. The van der Waals surface area contributed by atoms with Crippen molar-refractivity contribution in [1.29, 1.82) is 21.0 Å². The lowest BCUT2D eigenvalue weighted by atomic mass is 9.86. The summed E-state index contributed by atoms with van der Waals surface area (Å²) in [4.78, 5) is 0. The molecule has 0 spiro atoms. The molecule has 7 heteroatoms. The third-order valence-corrected chi connectivity index (χ3v) is 5.06. The molecule has 0 radical (unpaired) electrons. The van der Waals surface area contributed by atoms with Gasteiger partial charge >= 0.3 is 0 Å². The summed E-state index contributed by atoms with van der Waals surface area (Å²) in [5.41, 5.74) is -3.54. The van der Waals surface area contributed by atoms with Crippen LogP contribution in [0.5, 0.6) is 0 Å². The summed E-state index contributed by atoms with van der Waals surface area (Å²) in [6.07, 6.45) is 0. The summed E-state index contributed by atoms with van der Waals surface area (Å²) in [5.74, 6) is -0.609. The van der Waals surface area contributed by atoms with Crippen LogP contribution in [0.2, 0.25) is 0 Å². The lowest BCUT2D eigenvalue weighted by molar-refractivity contribution is 0.0152. The summed E-state index contributed by atoms with van der Waals surface area (Å²) >= 11 is 4.48. The van der Waals surface area contributed by atoms with Gasteiger partial charge in [-0.15, -0.1) is 11.8 Å². The molecule has 2 rings (SSSR count). The molecule has 2 heterocycles. The van der Waals surface area contributed by atoms with Crippen molar-refractivity contribution in [3.05, 3.63) is 9.89 Å². The fourth-order valence-corrected chi connectivity index (χ4v) is 4.30. The van der Waals surface area contributed by atoms with Crippen molar-refractivity contribution in [2.24, 2.45) is 5.92 Å². The standard InChI is InChI=1S/C10H3BrN4OS/c11-6-1-17-8-7(6)9(2-12,3-13)16-10(8,4-14)5-15/h1,7-8H. The van der Waals surface area contributed by atoms with Gasteiger partial charge in [-0.3, -0.25) is 0 Å². The van der Waals surface area contributed by atoms with Gasteiger partial charge in [0.15, 0.2) is 0 Å². The molecule has 1 saturated heterocycles. The second-order valence-corrected chi connectivity index (χ2v) is 5.49. The fourth-order valence-electron chi connectivity index (χ4n) is 1.96. The lowest BCUT2D eigenvalue weighted by Crippen LogP contribution is -2.35. The monoisotopic (exact) mass is 306 g/mol. The predicted octanol–water partition coefficient (Wildman–Crippen LogP) is 1.56. The smallest absolute Gasteiger partial charge is 0.256 e. The molecule has 5 nitrogen and oxygen atoms in total. The second-order valence-electron chi connectivity index (χ2n) is 3.56. The highest BCUT2D eigenvalue weighted by atomic mass is 79.9. The Labute approximate surface area is 110 Å². The Morgan fingerprint density at radius 1 is 1.12 bits per heavy atom. The van der Waals surface area contributed by atoms with Crippen LogP contribution in [0.1, 0.15) is 0 Å². The van der Waals surface area contributed by atoms with Crippen molar-refractivity contribution < 1.29 is 4.74 Å². The van der Waals surface area contributed by atoms with Crippen molar-refractivity contribution in [2.75, 3.05) is 0 Å². The highest BCUT2D eigenvalue weighted by Gasteiger charge is 2.67. The number of ether oxygens (including phenoxy) is 1. The predicted molar refractivity (Wildman–Crippen MR) is 60.9 cm³/mol. The highest BCUT2D eigenvalue weighted by Crippen LogP contribution is 2.56. The summed E-state index contributed by atoms with van der Waals surface area (Å²) in [6, 6.07) is 7.13. The number of rotatable bonds is 0. The van der Waals surface area contributed by atoms with Crippen LogP contribution in [0.15, 0.2) is 9.89 Å². The number of nitriles is 4. The van der Waals surface area contributed by atoms with Crippen LogP contribution < -0.4 is 0 Å². The number of halogens is 1. The third kappa shape index (κ3) is 1.31. The van der Waals surface area contributed by atoms with Crippen LogP contribution in [0.3, 0.4) is 0 Å². The van der Waals surface area contributed by atoms with E-state index in [1.54, 1.807) is 29.7 Å². The van der Waals surface area contributed by atoms with Gasteiger partial charge < -0.3 is 4.74 Å². The quantitative estimate of drug-likeness (QED) is 0.672. The topological polar surface area (TPSA) is 104 Å². The number of fused-ring (bicyclic) bond motifs is 1. The van der Waals surface area contributed by atoms with Crippen molar-refractivity contribution in [1.82, 2.24) is 0 Å². The van der Waals surface area contributed by atoms with E-state index in [-0.39, 0.29) is 0 Å². The third-order valence-electron chi connectivity index (χ3n) is 2.75. The minimum absolute atomic E-state index is 0.564. The zero-order chi connectivity index (χ0) is 12.7. The Morgan fingerprint density at radius 3 is 2.12 bits per heavy atom. The minimum Gasteiger partial charge on any atom is -0.311 e. The molecule has 2 aliphatic rings. The molecule has 0 aromatic carbocycles. The van der Waals surface area contributed by atoms with Gasteiger partial charge in [-0.25, -0.2) is 0 Å².